The number of hydrogen-bond acceptors (Lipinski definition) is 4. The van der Waals surface area contributed by atoms with E-state index in [1.807, 2.05) is 0 Å². The molecule has 0 aliphatic carbocycles. The van der Waals surface area contributed by atoms with E-state index in [1.54, 1.807) is 7.11 Å². The van der Waals surface area contributed by atoms with Crippen LogP contribution in [0, 0.1) is 10.1 Å². The molecule has 1 aliphatic heterocycles. The number of aromatic amines is 1. The maximum atomic E-state index is 5.59. The predicted octanol–water partition coefficient (Wildman–Crippen LogP) is 2.52. The second-order valence-corrected chi connectivity index (χ2v) is 6.18. The summed E-state index contributed by atoms with van der Waals surface area (Å²) < 4.78 is 6.28. The van der Waals surface area contributed by atoms with Crippen LogP contribution in [-0.2, 0) is 17.7 Å². The van der Waals surface area contributed by atoms with Crippen LogP contribution in [0.2, 0.25) is 0 Å². The topological polar surface area (TPSA) is 49.9 Å². The Bertz CT molecular complexity index is 490. The molecule has 2 N–H and O–H groups in total. The van der Waals surface area contributed by atoms with Crippen LogP contribution < -0.4 is 5.32 Å². The first-order valence-electron chi connectivity index (χ1n) is 6.29. The molecule has 0 radical (unpaired) electrons. The Hall–Kier alpha value is -0.780. The summed E-state index contributed by atoms with van der Waals surface area (Å²) in [5.74, 6) is 0.843. The van der Waals surface area contributed by atoms with Gasteiger partial charge in [0, 0.05) is 37.9 Å². The number of fused-ring (bicyclic) bond motifs is 1. The first-order chi connectivity index (χ1) is 8.43. The molecule has 0 saturated carbocycles. The van der Waals surface area contributed by atoms with Crippen molar-refractivity contribution in [3.05, 3.63) is 21.7 Å². The van der Waals surface area contributed by atoms with Crippen LogP contribution in [0.3, 0.4) is 0 Å². The third kappa shape index (κ3) is 2.63. The smallest absolute Gasteiger partial charge is 0.137 e. The molecule has 1 aliphatic rings. The highest BCUT2D eigenvalue weighted by molar-refractivity contribution is 7.71. The Morgan fingerprint density at radius 1 is 1.39 bits per heavy atom. The number of nitrogens with one attached hydrogen (secondary N) is 2. The second-order valence-electron chi connectivity index (χ2n) is 5.79. The van der Waals surface area contributed by atoms with Gasteiger partial charge in [0.2, 0.25) is 0 Å². The Morgan fingerprint density at radius 3 is 2.72 bits per heavy atom. The maximum absolute atomic E-state index is 5.59. The fourth-order valence-corrected chi connectivity index (χ4v) is 2.68. The molecule has 2 rings (SSSR count). The summed E-state index contributed by atoms with van der Waals surface area (Å²) in [6.07, 6.45) is 0.897. The highest BCUT2D eigenvalue weighted by Crippen LogP contribution is 2.34. The van der Waals surface area contributed by atoms with Crippen molar-refractivity contribution in [1.29, 1.82) is 0 Å². The summed E-state index contributed by atoms with van der Waals surface area (Å²) in [6.45, 7) is 8.21. The van der Waals surface area contributed by atoms with Gasteiger partial charge >= 0.3 is 0 Å². The first kappa shape index (κ1) is 13.6. The van der Waals surface area contributed by atoms with Crippen molar-refractivity contribution in [1.82, 2.24) is 15.3 Å². The van der Waals surface area contributed by atoms with Gasteiger partial charge in [-0.15, -0.1) is 0 Å². The van der Waals surface area contributed by atoms with Crippen molar-refractivity contribution in [3.8, 4) is 0 Å². The summed E-state index contributed by atoms with van der Waals surface area (Å²) in [5.41, 5.74) is 2.32. The molecule has 1 unspecified atom stereocenters. The average molecular weight is 267 g/mol. The zero-order chi connectivity index (χ0) is 13.3. The number of rotatable bonds is 2. The number of ether oxygens (including phenoxy) is 1. The van der Waals surface area contributed by atoms with Crippen molar-refractivity contribution >= 4 is 12.2 Å². The Kier molecular flexibility index (Phi) is 3.84. The molecule has 1 aromatic rings. The minimum atomic E-state index is -0.0700. The van der Waals surface area contributed by atoms with E-state index in [0.717, 1.165) is 30.9 Å². The third-order valence-corrected chi connectivity index (χ3v) is 3.59. The van der Waals surface area contributed by atoms with E-state index in [9.17, 15) is 0 Å². The SMILES string of the molecule is COC(c1nc(=S)c2c([nH]1)CCNC2)C(C)(C)C. The maximum Gasteiger partial charge on any atom is 0.137 e. The van der Waals surface area contributed by atoms with E-state index in [0.29, 0.717) is 4.64 Å². The van der Waals surface area contributed by atoms with E-state index < -0.39 is 0 Å². The summed E-state index contributed by atoms with van der Waals surface area (Å²) in [7, 11) is 1.72. The molecule has 0 amide bonds. The Morgan fingerprint density at radius 2 is 2.11 bits per heavy atom. The Labute approximate surface area is 113 Å². The van der Waals surface area contributed by atoms with E-state index in [4.69, 9.17) is 17.0 Å². The Balaban J connectivity index is 2.46. The fraction of sp³-hybridized carbons (Fsp3) is 0.692. The summed E-state index contributed by atoms with van der Waals surface area (Å²) in [6, 6.07) is 0. The first-order valence-corrected chi connectivity index (χ1v) is 6.70. The van der Waals surface area contributed by atoms with Crippen molar-refractivity contribution in [2.45, 2.75) is 39.8 Å². The molecule has 0 spiro atoms. The van der Waals surface area contributed by atoms with Crippen molar-refractivity contribution < 1.29 is 4.74 Å². The van der Waals surface area contributed by atoms with Gasteiger partial charge in [-0.25, -0.2) is 4.98 Å². The van der Waals surface area contributed by atoms with Gasteiger partial charge in [-0.05, 0) is 5.41 Å². The highest BCUT2D eigenvalue weighted by atomic mass is 32.1. The van der Waals surface area contributed by atoms with E-state index in [2.05, 4.69) is 36.1 Å². The van der Waals surface area contributed by atoms with Gasteiger partial charge < -0.3 is 15.0 Å². The van der Waals surface area contributed by atoms with Crippen LogP contribution in [-0.4, -0.2) is 23.6 Å². The minimum absolute atomic E-state index is 0.0127. The standard InChI is InChI=1S/C13H21N3OS/c1-13(2,3)10(17-4)11-15-9-5-6-14-7-8(9)12(18)16-11/h10,14H,5-7H2,1-4H3,(H,15,16,18). The minimum Gasteiger partial charge on any atom is -0.373 e. The van der Waals surface area contributed by atoms with Crippen LogP contribution in [0.1, 0.15) is 44.0 Å². The van der Waals surface area contributed by atoms with E-state index in [1.165, 1.54) is 5.69 Å². The van der Waals surface area contributed by atoms with Gasteiger partial charge in [-0.2, -0.15) is 0 Å². The largest absolute Gasteiger partial charge is 0.373 e. The lowest BCUT2D eigenvalue weighted by atomic mass is 9.88. The molecule has 0 bridgehead atoms. The monoisotopic (exact) mass is 267 g/mol. The van der Waals surface area contributed by atoms with Crippen LogP contribution in [0.5, 0.6) is 0 Å². The molecule has 4 nitrogen and oxygen atoms in total. The molecular formula is C13H21N3OS. The predicted molar refractivity (Wildman–Crippen MR) is 74.0 cm³/mol. The van der Waals surface area contributed by atoms with E-state index >= 15 is 0 Å². The molecule has 0 saturated heterocycles. The van der Waals surface area contributed by atoms with Crippen molar-refractivity contribution in [3.63, 3.8) is 0 Å². The highest BCUT2D eigenvalue weighted by Gasteiger charge is 2.29. The van der Waals surface area contributed by atoms with E-state index in [-0.39, 0.29) is 11.5 Å². The fourth-order valence-electron chi connectivity index (χ4n) is 2.39. The summed E-state index contributed by atoms with van der Waals surface area (Å²) in [4.78, 5) is 7.94. The third-order valence-electron chi connectivity index (χ3n) is 3.25. The molecule has 18 heavy (non-hydrogen) atoms. The lowest BCUT2D eigenvalue weighted by Crippen LogP contribution is -2.28. The molecule has 2 heterocycles. The molecule has 100 valence electrons. The number of methoxy groups -OCH3 is 1. The molecule has 1 atom stereocenters. The molecular weight excluding hydrogens is 246 g/mol. The average Bonchev–Trinajstić information content (AvgIpc) is 2.28. The second kappa shape index (κ2) is 5.07. The van der Waals surface area contributed by atoms with Crippen LogP contribution in [0.4, 0.5) is 0 Å². The van der Waals surface area contributed by atoms with Gasteiger partial charge in [-0.1, -0.05) is 33.0 Å². The van der Waals surface area contributed by atoms with Gasteiger partial charge in [0.05, 0.1) is 0 Å². The van der Waals surface area contributed by atoms with Crippen LogP contribution in [0.25, 0.3) is 0 Å². The van der Waals surface area contributed by atoms with Gasteiger partial charge in [0.15, 0.2) is 0 Å². The van der Waals surface area contributed by atoms with Crippen molar-refractivity contribution in [2.24, 2.45) is 5.41 Å². The van der Waals surface area contributed by atoms with Crippen LogP contribution in [0.15, 0.2) is 0 Å². The normalized spacial score (nSPS) is 17.3. The van der Waals surface area contributed by atoms with Gasteiger partial charge in [0.1, 0.15) is 16.6 Å². The lowest BCUT2D eigenvalue weighted by molar-refractivity contribution is 0.00835. The molecule has 0 fully saturated rings. The number of hydrogen-bond donors (Lipinski definition) is 2. The van der Waals surface area contributed by atoms with Crippen LogP contribution >= 0.6 is 12.2 Å². The quantitative estimate of drug-likeness (QED) is 0.808. The molecule has 0 aromatic carbocycles. The van der Waals surface area contributed by atoms with Gasteiger partial charge in [-0.3, -0.25) is 0 Å². The summed E-state index contributed by atoms with van der Waals surface area (Å²) in [5, 5.41) is 3.32. The number of nitrogens with zero attached hydrogens (tertiary/aromatic N) is 1. The summed E-state index contributed by atoms with van der Waals surface area (Å²) >= 11 is 5.39. The van der Waals surface area contributed by atoms with Crippen molar-refractivity contribution in [2.75, 3.05) is 13.7 Å². The van der Waals surface area contributed by atoms with Gasteiger partial charge in [0.25, 0.3) is 0 Å². The number of H-pyrrole nitrogens is 1. The zero-order valence-electron chi connectivity index (χ0n) is 11.5. The molecule has 5 heteroatoms. The zero-order valence-corrected chi connectivity index (χ0v) is 12.3. The number of aromatic nitrogens is 2. The molecule has 1 aromatic heterocycles. The lowest BCUT2D eigenvalue weighted by Gasteiger charge is -2.29.